The van der Waals surface area contributed by atoms with Crippen molar-refractivity contribution in [1.29, 1.82) is 0 Å². The minimum absolute atomic E-state index is 0.0879. The average Bonchev–Trinajstić information content (AvgIpc) is 3.08. The van der Waals surface area contributed by atoms with Gasteiger partial charge in [0.25, 0.3) is 5.56 Å². The van der Waals surface area contributed by atoms with Crippen LogP contribution in [0.1, 0.15) is 37.9 Å². The second kappa shape index (κ2) is 9.41. The zero-order valence-corrected chi connectivity index (χ0v) is 20.4. The molecule has 1 aromatic heterocycles. The van der Waals surface area contributed by atoms with Crippen LogP contribution in [0.15, 0.2) is 74.5 Å². The van der Waals surface area contributed by atoms with Crippen molar-refractivity contribution in [2.75, 3.05) is 6.26 Å². The minimum atomic E-state index is -0.657. The molecule has 8 heteroatoms. The highest BCUT2D eigenvalue weighted by Crippen LogP contribution is 2.32. The molecule has 0 radical (unpaired) electrons. The second-order valence-electron chi connectivity index (χ2n) is 7.87. The number of carbonyl (C=O) groups excluding carboxylic acids is 1. The summed E-state index contributed by atoms with van der Waals surface area (Å²) in [6.45, 7) is 5.34. The van der Waals surface area contributed by atoms with Crippen LogP contribution in [0.3, 0.4) is 0 Å². The summed E-state index contributed by atoms with van der Waals surface area (Å²) in [5.41, 5.74) is 1.94. The van der Waals surface area contributed by atoms with Gasteiger partial charge in [-0.15, -0.1) is 11.8 Å². The zero-order valence-electron chi connectivity index (χ0n) is 18.7. The third-order valence-corrected chi connectivity index (χ3v) is 6.97. The van der Waals surface area contributed by atoms with E-state index in [4.69, 9.17) is 4.74 Å². The van der Waals surface area contributed by atoms with E-state index in [1.165, 1.54) is 11.3 Å². The van der Waals surface area contributed by atoms with Gasteiger partial charge in [-0.1, -0.05) is 41.7 Å². The van der Waals surface area contributed by atoms with Crippen molar-refractivity contribution in [3.05, 3.63) is 90.6 Å². The first kappa shape index (κ1) is 23.1. The average molecular weight is 481 g/mol. The van der Waals surface area contributed by atoms with Gasteiger partial charge in [-0.3, -0.25) is 9.36 Å². The summed E-state index contributed by atoms with van der Waals surface area (Å²) in [7, 11) is 0. The maximum absolute atomic E-state index is 13.6. The molecule has 0 bridgehead atoms. The molecular weight excluding hydrogens is 456 g/mol. The maximum atomic E-state index is 13.6. The van der Waals surface area contributed by atoms with Crippen LogP contribution in [-0.4, -0.2) is 28.0 Å². The Labute approximate surface area is 199 Å². The number of allylic oxidation sites excluding steroid dienone is 1. The van der Waals surface area contributed by atoms with Gasteiger partial charge in [0, 0.05) is 10.5 Å². The van der Waals surface area contributed by atoms with Crippen molar-refractivity contribution in [2.24, 2.45) is 4.99 Å². The molecule has 1 aliphatic heterocycles. The Kier molecular flexibility index (Phi) is 6.58. The van der Waals surface area contributed by atoms with Gasteiger partial charge in [0.05, 0.1) is 27.9 Å². The van der Waals surface area contributed by atoms with Crippen LogP contribution < -0.4 is 14.9 Å². The van der Waals surface area contributed by atoms with Crippen LogP contribution in [0, 0.1) is 0 Å². The lowest BCUT2D eigenvalue weighted by molar-refractivity contribution is -0.143. The van der Waals surface area contributed by atoms with E-state index in [-0.39, 0.29) is 17.4 Å². The first-order valence-electron chi connectivity index (χ1n) is 10.5. The first-order chi connectivity index (χ1) is 15.8. The van der Waals surface area contributed by atoms with E-state index in [9.17, 15) is 14.7 Å². The van der Waals surface area contributed by atoms with Crippen molar-refractivity contribution in [2.45, 2.75) is 37.8 Å². The molecule has 170 valence electrons. The van der Waals surface area contributed by atoms with Gasteiger partial charge in [0.1, 0.15) is 5.75 Å². The monoisotopic (exact) mass is 480 g/mol. The van der Waals surface area contributed by atoms with Gasteiger partial charge >= 0.3 is 5.97 Å². The summed E-state index contributed by atoms with van der Waals surface area (Å²) < 4.78 is 7.49. The Morgan fingerprint density at radius 3 is 2.55 bits per heavy atom. The van der Waals surface area contributed by atoms with E-state index < -0.39 is 12.0 Å². The van der Waals surface area contributed by atoms with Crippen molar-refractivity contribution in [3.8, 4) is 5.75 Å². The van der Waals surface area contributed by atoms with Gasteiger partial charge in [-0.25, -0.2) is 9.79 Å². The third-order valence-electron chi connectivity index (χ3n) is 5.24. The molecule has 0 spiro atoms. The van der Waals surface area contributed by atoms with E-state index in [2.05, 4.69) is 4.99 Å². The number of aromatic hydroxyl groups is 1. The van der Waals surface area contributed by atoms with Gasteiger partial charge < -0.3 is 9.84 Å². The lowest BCUT2D eigenvalue weighted by atomic mass is 9.96. The number of carbonyl (C=O) groups is 1. The molecule has 2 aromatic carbocycles. The molecule has 1 N–H and O–H groups in total. The number of hydrogen-bond donors (Lipinski definition) is 1. The third kappa shape index (κ3) is 4.54. The second-order valence-corrected chi connectivity index (χ2v) is 9.76. The number of hydrogen-bond acceptors (Lipinski definition) is 7. The number of phenolic OH excluding ortho intramolecular Hbond substituents is 1. The molecule has 2 heterocycles. The Morgan fingerprint density at radius 1 is 1.21 bits per heavy atom. The largest absolute Gasteiger partial charge is 0.507 e. The smallest absolute Gasteiger partial charge is 0.338 e. The predicted molar refractivity (Wildman–Crippen MR) is 131 cm³/mol. The molecular formula is C25H24N2O4S2. The highest BCUT2D eigenvalue weighted by Gasteiger charge is 2.33. The number of rotatable bonds is 5. The molecule has 4 rings (SSSR count). The number of thioether (sulfide) groups is 1. The van der Waals surface area contributed by atoms with Gasteiger partial charge in [0.15, 0.2) is 4.80 Å². The number of fused-ring (bicyclic) bond motifs is 1. The van der Waals surface area contributed by atoms with Crippen LogP contribution in [0.25, 0.3) is 6.08 Å². The molecule has 1 aliphatic rings. The highest BCUT2D eigenvalue weighted by molar-refractivity contribution is 7.98. The fourth-order valence-electron chi connectivity index (χ4n) is 3.71. The predicted octanol–water partition coefficient (Wildman–Crippen LogP) is 3.61. The number of aromatic nitrogens is 1. The fourth-order valence-corrected chi connectivity index (χ4v) is 5.16. The van der Waals surface area contributed by atoms with E-state index in [1.807, 2.05) is 30.5 Å². The molecule has 0 fully saturated rings. The Hall–Kier alpha value is -3.10. The summed E-state index contributed by atoms with van der Waals surface area (Å²) in [4.78, 5) is 32.8. The van der Waals surface area contributed by atoms with Crippen LogP contribution in [-0.2, 0) is 9.53 Å². The molecule has 0 saturated heterocycles. The number of esters is 1. The SMILES string of the molecule is CSc1ccc([C@@H]2C(C(=O)OC(C)C)=C(C)N=c3s/c(=C/c4ccccc4O)c(=O)n32)cc1. The first-order valence-corrected chi connectivity index (χ1v) is 12.5. The standard InChI is InChI=1S/C25H24N2O4S2/c1-14(2)31-24(30)21-15(3)26-25-27(22(21)16-9-11-18(32-4)12-10-16)23(29)20(33-25)13-17-7-5-6-8-19(17)28/h5-14,22,28H,1-4H3/b20-13+/t22-/m1/s1. The number of para-hydroxylation sites is 1. The van der Waals surface area contributed by atoms with Gasteiger partial charge in [-0.05, 0) is 56.9 Å². The summed E-state index contributed by atoms with van der Waals surface area (Å²) in [5, 5.41) is 10.2. The van der Waals surface area contributed by atoms with Crippen LogP contribution >= 0.6 is 23.1 Å². The van der Waals surface area contributed by atoms with Crippen LogP contribution in [0.2, 0.25) is 0 Å². The van der Waals surface area contributed by atoms with Crippen molar-refractivity contribution in [1.82, 2.24) is 4.57 Å². The number of nitrogens with zero attached hydrogens (tertiary/aromatic N) is 2. The maximum Gasteiger partial charge on any atom is 0.338 e. The minimum Gasteiger partial charge on any atom is -0.507 e. The Balaban J connectivity index is 1.95. The van der Waals surface area contributed by atoms with E-state index >= 15 is 0 Å². The molecule has 0 aliphatic carbocycles. The number of phenols is 1. The zero-order chi connectivity index (χ0) is 23.7. The van der Waals surface area contributed by atoms with Crippen molar-refractivity contribution in [3.63, 3.8) is 0 Å². The van der Waals surface area contributed by atoms with Gasteiger partial charge in [0.2, 0.25) is 0 Å². The molecule has 0 saturated carbocycles. The van der Waals surface area contributed by atoms with Crippen LogP contribution in [0.4, 0.5) is 0 Å². The Morgan fingerprint density at radius 2 is 1.91 bits per heavy atom. The highest BCUT2D eigenvalue weighted by atomic mass is 32.2. The lowest BCUT2D eigenvalue weighted by Crippen LogP contribution is -2.40. The molecule has 0 amide bonds. The van der Waals surface area contributed by atoms with Crippen LogP contribution in [0.5, 0.6) is 5.75 Å². The summed E-state index contributed by atoms with van der Waals surface area (Å²) in [5.74, 6) is -0.398. The summed E-state index contributed by atoms with van der Waals surface area (Å²) in [6, 6.07) is 14.0. The number of benzene rings is 2. The molecule has 1 atom stereocenters. The van der Waals surface area contributed by atoms with Gasteiger partial charge in [-0.2, -0.15) is 0 Å². The fraction of sp³-hybridized carbons (Fsp3) is 0.240. The molecule has 0 unspecified atom stereocenters. The molecule has 6 nitrogen and oxygen atoms in total. The quantitative estimate of drug-likeness (QED) is 0.446. The number of ether oxygens (including phenoxy) is 1. The van der Waals surface area contributed by atoms with E-state index in [0.29, 0.717) is 26.2 Å². The summed E-state index contributed by atoms with van der Waals surface area (Å²) in [6.07, 6.45) is 3.34. The molecule has 33 heavy (non-hydrogen) atoms. The van der Waals surface area contributed by atoms with Crippen molar-refractivity contribution < 1.29 is 14.6 Å². The molecule has 3 aromatic rings. The van der Waals surface area contributed by atoms with E-state index in [0.717, 1.165) is 10.5 Å². The Bertz CT molecular complexity index is 1420. The van der Waals surface area contributed by atoms with E-state index in [1.54, 1.807) is 67.4 Å². The topological polar surface area (TPSA) is 80.9 Å². The lowest BCUT2D eigenvalue weighted by Gasteiger charge is -2.25. The normalized spacial score (nSPS) is 16.0. The number of thiazole rings is 1. The van der Waals surface area contributed by atoms with Crippen molar-refractivity contribution >= 4 is 35.1 Å². The summed E-state index contributed by atoms with van der Waals surface area (Å²) >= 11 is 2.85.